The Balaban J connectivity index is -0.00000249. The van der Waals surface area contributed by atoms with E-state index in [9.17, 15) is 72.3 Å². The van der Waals surface area contributed by atoms with Crippen molar-refractivity contribution in [2.24, 2.45) is 20.5 Å². The molecule has 0 aliphatic rings. The Morgan fingerprint density at radius 3 is 0.987 bits per heavy atom. The minimum Gasteiger partial charge on any atom is -0.871 e. The fourth-order valence-corrected chi connectivity index (χ4v) is 8.44. The normalized spacial score (nSPS) is 11.3. The van der Waals surface area contributed by atoms with E-state index in [-0.39, 0.29) is 158 Å². The van der Waals surface area contributed by atoms with Crippen LogP contribution in [0.25, 0.3) is 43.3 Å². The number of aliphatic hydroxyl groups is 4. The number of aliphatic hydroxyl groups excluding tert-OH is 4. The van der Waals surface area contributed by atoms with E-state index < -0.39 is 139 Å². The van der Waals surface area contributed by atoms with Crippen LogP contribution in [0.15, 0.2) is 113 Å². The second-order valence-electron chi connectivity index (χ2n) is 14.1. The van der Waals surface area contributed by atoms with Crippen LogP contribution in [-0.4, -0.2) is 125 Å². The van der Waals surface area contributed by atoms with Crippen molar-refractivity contribution in [3.05, 3.63) is 83.4 Å². The van der Waals surface area contributed by atoms with Gasteiger partial charge in [0.15, 0.2) is 0 Å². The molecule has 408 valence electrons. The molecule has 0 amide bonds. The summed E-state index contributed by atoms with van der Waals surface area (Å²) < 4.78 is 141. The monoisotopic (exact) mass is 1250 g/mol. The first-order valence-electron chi connectivity index (χ1n) is 19.7. The molecule has 78 heavy (non-hydrogen) atoms. The van der Waals surface area contributed by atoms with E-state index >= 15 is 0 Å². The van der Waals surface area contributed by atoms with Gasteiger partial charge in [0.25, 0.3) is 0 Å². The molecule has 6 aromatic carbocycles. The molecule has 0 atom stereocenters. The van der Waals surface area contributed by atoms with Crippen molar-refractivity contribution in [3.8, 4) is 34.1 Å². The summed E-state index contributed by atoms with van der Waals surface area (Å²) in [6, 6.07) is 10.1. The van der Waals surface area contributed by atoms with Gasteiger partial charge in [0.1, 0.15) is 40.5 Å². The van der Waals surface area contributed by atoms with Crippen molar-refractivity contribution in [2.45, 2.75) is 19.6 Å². The predicted molar refractivity (Wildman–Crippen MR) is 241 cm³/mol. The minimum atomic E-state index is -5.50. The molecule has 0 heterocycles. The zero-order valence-corrected chi connectivity index (χ0v) is 48.1. The maximum Gasteiger partial charge on any atom is 2.00 e. The summed E-state index contributed by atoms with van der Waals surface area (Å²) in [5, 5.41) is 104. The first-order valence-corrected chi connectivity index (χ1v) is 25.4. The van der Waals surface area contributed by atoms with Crippen LogP contribution in [0.4, 0.5) is 34.1 Å². The third-order valence-corrected chi connectivity index (χ3v) is 12.5. The Morgan fingerprint density at radius 2 is 0.744 bits per heavy atom. The molecule has 0 fully saturated rings. The van der Waals surface area contributed by atoms with Crippen molar-refractivity contribution in [2.75, 3.05) is 64.1 Å². The molecule has 38 heteroatoms. The van der Waals surface area contributed by atoms with E-state index in [0.717, 1.165) is 24.3 Å². The van der Waals surface area contributed by atoms with Crippen LogP contribution < -0.4 is 118 Å². The number of anilines is 2. The number of benzene rings is 6. The Labute approximate surface area is 525 Å². The van der Waals surface area contributed by atoms with Crippen LogP contribution in [0, 0.1) is 0 Å². The minimum absolute atomic E-state index is 0. The van der Waals surface area contributed by atoms with Crippen LogP contribution in [0.5, 0.6) is 23.0 Å². The van der Waals surface area contributed by atoms with Crippen LogP contribution >= 0.6 is 0 Å². The standard InChI is InChI=1S/C32H24N6O16S4.2C4H10NO2.2Cu.3Li.Na/c33-19-11-17(55(43,44)45)5-15-9-25(57(49,50)51)29(31(41)27(15)19)37-35-21-3-1-13(7-23(21)39)14-2-4-22(24(40)8-14)36-38-30-26(58(52,53)54)10-16-6-18(56(46,47)48)12-20(34)28(16)32(30)42;2*6-3-1-5-2-4-7;;;;;;/h1-12,39-42H,33-34H2,(H,43,44,45)(H,46,47,48)(H,49,50,51)(H,52,53,54);2*6-7H,1-4H2;;;;;;/q;2*-1;2*+2;4*+1/p-8. The van der Waals surface area contributed by atoms with Crippen molar-refractivity contribution >= 4 is 96.1 Å². The number of nitrogen functional groups attached to an aromatic ring is 2. The van der Waals surface area contributed by atoms with E-state index in [2.05, 4.69) is 31.1 Å². The molecule has 0 aliphatic heterocycles. The zero-order valence-electron chi connectivity index (χ0n) is 41.0. The van der Waals surface area contributed by atoms with Gasteiger partial charge in [0.05, 0.1) is 42.3 Å². The van der Waals surface area contributed by atoms with Crippen LogP contribution in [0.2, 0.25) is 0 Å². The number of hydrogen-bond donors (Lipinski definition) is 6. The molecular weight excluding hydrogens is 1210 g/mol. The summed E-state index contributed by atoms with van der Waals surface area (Å²) in [5.74, 6) is -4.43. The van der Waals surface area contributed by atoms with Gasteiger partial charge in [0, 0.05) is 37.8 Å². The second-order valence-corrected chi connectivity index (χ2v) is 19.6. The Kier molecular flexibility index (Phi) is 35.1. The summed E-state index contributed by atoms with van der Waals surface area (Å²) in [4.78, 5) is -4.38. The fourth-order valence-electron chi connectivity index (χ4n) is 6.08. The number of rotatable bonds is 17. The quantitative estimate of drug-likeness (QED) is 0.0162. The van der Waals surface area contributed by atoms with Gasteiger partial charge < -0.3 is 81.2 Å². The average Bonchev–Trinajstić information content (AvgIpc) is 3.28. The largest absolute Gasteiger partial charge is 2.00 e. The van der Waals surface area contributed by atoms with Gasteiger partial charge in [-0.25, -0.2) is 33.7 Å². The van der Waals surface area contributed by atoms with E-state index in [1.165, 1.54) is 12.1 Å². The number of fused-ring (bicyclic) bond motifs is 2. The first kappa shape index (κ1) is 79.3. The molecule has 8 N–H and O–H groups in total. The SMILES string of the molecule is Nc1cc(S(=O)(=O)[O-])cc2cc(S(=O)(=O)[O-])c(N=Nc3ccc(-c4ccc(N=Nc5c(S(=O)(=O)[O-])cc6cc(S(=O)(=O)[O-])cc(N)c6c5[O-])c([O-])c4)cc3[O-])c([O-])c12.OCC[N-]CCO.OCC[N-]CCO.[Cu+2].[Cu+2].[Li+].[Li+].[Li+].[Na+]. The Hall–Kier alpha value is -2.93. The predicted octanol–water partition coefficient (Wildman–Crippen LogP) is -11.7. The molecule has 0 aliphatic carbocycles. The van der Waals surface area contributed by atoms with Gasteiger partial charge in [-0.2, -0.15) is 10.2 Å². The third kappa shape index (κ3) is 21.4. The first-order chi connectivity index (χ1) is 33.6. The molecule has 0 spiro atoms. The van der Waals surface area contributed by atoms with Gasteiger partial charge >= 0.3 is 120 Å². The van der Waals surface area contributed by atoms with E-state index in [1.54, 1.807) is 0 Å². The van der Waals surface area contributed by atoms with Gasteiger partial charge in [-0.1, -0.05) is 47.3 Å². The summed E-state index contributed by atoms with van der Waals surface area (Å²) >= 11 is 0. The number of nitrogens with two attached hydrogens (primary N) is 2. The summed E-state index contributed by atoms with van der Waals surface area (Å²) in [6.45, 7) is 2.11. The molecule has 2 radical (unpaired) electrons. The van der Waals surface area contributed by atoms with Gasteiger partial charge in [-0.15, -0.1) is 36.4 Å². The third-order valence-electron chi connectivity index (χ3n) is 9.19. The molecule has 6 aromatic rings. The molecule has 0 bridgehead atoms. The molecule has 0 unspecified atom stereocenters. The van der Waals surface area contributed by atoms with E-state index in [4.69, 9.17) is 31.9 Å². The van der Waals surface area contributed by atoms with Gasteiger partial charge in [0.2, 0.25) is 0 Å². The van der Waals surface area contributed by atoms with Crippen molar-refractivity contribution in [1.82, 2.24) is 0 Å². The molecule has 0 aromatic heterocycles. The summed E-state index contributed by atoms with van der Waals surface area (Å²) in [5.41, 5.74) is 7.32. The molecular formula is C40H36Cu2Li3N8NaO20S4-2. The Morgan fingerprint density at radius 1 is 0.449 bits per heavy atom. The number of azo groups is 2. The molecule has 28 nitrogen and oxygen atoms in total. The average molecular weight is 1250 g/mol. The van der Waals surface area contributed by atoms with Crippen LogP contribution in [0.1, 0.15) is 0 Å². The number of hydrogen-bond acceptors (Lipinski definition) is 26. The maximum atomic E-state index is 13.2. The molecule has 0 saturated carbocycles. The van der Waals surface area contributed by atoms with Crippen molar-refractivity contribution in [1.29, 1.82) is 0 Å². The van der Waals surface area contributed by atoms with Crippen molar-refractivity contribution in [3.63, 3.8) is 0 Å². The summed E-state index contributed by atoms with van der Waals surface area (Å²) in [7, 11) is -21.3. The summed E-state index contributed by atoms with van der Waals surface area (Å²) in [6.07, 6.45) is 0. The van der Waals surface area contributed by atoms with Crippen LogP contribution in [-0.2, 0) is 74.6 Å². The second kappa shape index (κ2) is 34.5. The van der Waals surface area contributed by atoms with Gasteiger partial charge in [-0.05, 0) is 81.2 Å². The molecule has 6 rings (SSSR count). The topological polar surface area (TPSA) is 532 Å². The van der Waals surface area contributed by atoms with E-state index in [0.29, 0.717) is 62.6 Å². The van der Waals surface area contributed by atoms with Crippen molar-refractivity contribution < 1.29 is 213 Å². The fraction of sp³-hybridized carbons (Fsp3) is 0.200. The molecule has 0 saturated heterocycles. The van der Waals surface area contributed by atoms with Gasteiger partial charge in [-0.3, -0.25) is 0 Å². The smallest absolute Gasteiger partial charge is 0.871 e. The van der Waals surface area contributed by atoms with Crippen LogP contribution in [0.3, 0.4) is 0 Å². The number of nitrogens with zero attached hydrogens (tertiary/aromatic N) is 6. The zero-order chi connectivity index (χ0) is 53.9. The maximum absolute atomic E-state index is 13.2. The Bertz CT molecular complexity index is 3310. The van der Waals surface area contributed by atoms with E-state index in [1.807, 2.05) is 0 Å².